The molecule has 0 fully saturated rings. The highest BCUT2D eigenvalue weighted by Gasteiger charge is 2.08. The highest BCUT2D eigenvalue weighted by Crippen LogP contribution is 2.19. The number of fused-ring (bicyclic) bond motifs is 2. The largest absolute Gasteiger partial charge is 0.322 e. The summed E-state index contributed by atoms with van der Waals surface area (Å²) >= 11 is 0. The van der Waals surface area contributed by atoms with Gasteiger partial charge in [-0.15, -0.1) is 0 Å². The van der Waals surface area contributed by atoms with Gasteiger partial charge in [-0.25, -0.2) is 0 Å². The normalized spacial score (nSPS) is 11.1. The molecule has 0 aliphatic carbocycles. The van der Waals surface area contributed by atoms with Crippen LogP contribution in [0, 0.1) is 0 Å². The zero-order chi connectivity index (χ0) is 15.1. The van der Waals surface area contributed by atoms with Crippen molar-refractivity contribution >= 4 is 33.4 Å². The fourth-order valence-corrected chi connectivity index (χ4v) is 2.51. The Balaban J connectivity index is 1.64. The Morgan fingerprint density at radius 1 is 1.18 bits per heavy atom. The van der Waals surface area contributed by atoms with Crippen molar-refractivity contribution in [3.05, 3.63) is 54.4 Å². The number of aromatic nitrogens is 4. The summed E-state index contributed by atoms with van der Waals surface area (Å²) in [5.41, 5.74) is 3.16. The van der Waals surface area contributed by atoms with Gasteiger partial charge in [-0.05, 0) is 36.4 Å². The van der Waals surface area contributed by atoms with Crippen LogP contribution < -0.4 is 5.32 Å². The van der Waals surface area contributed by atoms with Gasteiger partial charge in [-0.3, -0.25) is 14.6 Å². The molecule has 0 atom stereocenters. The van der Waals surface area contributed by atoms with E-state index in [1.807, 2.05) is 43.6 Å². The number of rotatable bonds is 2. The summed E-state index contributed by atoms with van der Waals surface area (Å²) in [6.45, 7) is 0. The van der Waals surface area contributed by atoms with E-state index >= 15 is 0 Å². The van der Waals surface area contributed by atoms with Crippen LogP contribution in [0.4, 0.5) is 5.69 Å². The van der Waals surface area contributed by atoms with Crippen LogP contribution in [0.15, 0.2) is 48.8 Å². The number of anilines is 1. The fourth-order valence-electron chi connectivity index (χ4n) is 2.51. The Labute approximate surface area is 125 Å². The highest BCUT2D eigenvalue weighted by molar-refractivity contribution is 6.06. The molecule has 0 saturated heterocycles. The number of amides is 1. The van der Waals surface area contributed by atoms with Gasteiger partial charge in [0.25, 0.3) is 5.91 Å². The number of nitrogens with zero attached hydrogens (tertiary/aromatic N) is 3. The first-order valence-electron chi connectivity index (χ1n) is 6.87. The van der Waals surface area contributed by atoms with Crippen molar-refractivity contribution in [1.82, 2.24) is 20.0 Å². The SMILES string of the molecule is Cn1cc2cc(NC(=O)c3ccc4[nH]ncc4c3)ccc2n1. The molecular weight excluding hydrogens is 278 g/mol. The number of hydrogen-bond donors (Lipinski definition) is 2. The molecular formula is C16H13N5O. The van der Waals surface area contributed by atoms with Gasteiger partial charge in [0.15, 0.2) is 0 Å². The monoisotopic (exact) mass is 291 g/mol. The molecule has 0 aliphatic rings. The average molecular weight is 291 g/mol. The molecule has 2 heterocycles. The Morgan fingerprint density at radius 3 is 3.00 bits per heavy atom. The van der Waals surface area contributed by atoms with Crippen LogP contribution in [0.1, 0.15) is 10.4 Å². The average Bonchev–Trinajstić information content (AvgIpc) is 3.10. The molecule has 0 saturated carbocycles. The van der Waals surface area contributed by atoms with Gasteiger partial charge in [0.05, 0.1) is 17.2 Å². The molecule has 22 heavy (non-hydrogen) atoms. The Bertz CT molecular complexity index is 998. The first-order valence-corrected chi connectivity index (χ1v) is 6.87. The smallest absolute Gasteiger partial charge is 0.255 e. The molecule has 2 N–H and O–H groups in total. The second-order valence-corrected chi connectivity index (χ2v) is 5.20. The van der Waals surface area contributed by atoms with Crippen LogP contribution in [-0.4, -0.2) is 25.9 Å². The number of carbonyl (C=O) groups is 1. The van der Waals surface area contributed by atoms with E-state index in [9.17, 15) is 4.79 Å². The molecule has 6 nitrogen and oxygen atoms in total. The van der Waals surface area contributed by atoms with E-state index in [1.165, 1.54) is 0 Å². The molecule has 2 aromatic heterocycles. The number of aromatic amines is 1. The second-order valence-electron chi connectivity index (χ2n) is 5.20. The summed E-state index contributed by atoms with van der Waals surface area (Å²) in [4.78, 5) is 12.4. The Morgan fingerprint density at radius 2 is 2.09 bits per heavy atom. The summed E-state index contributed by atoms with van der Waals surface area (Å²) in [6.07, 6.45) is 3.62. The predicted molar refractivity (Wildman–Crippen MR) is 84.8 cm³/mol. The molecule has 108 valence electrons. The topological polar surface area (TPSA) is 75.6 Å². The standard InChI is InChI=1S/C16H13N5O/c1-21-9-12-7-13(3-5-15(12)20-21)18-16(22)10-2-4-14-11(6-10)8-17-19-14/h2-9H,1H3,(H,17,19)(H,18,22). The van der Waals surface area contributed by atoms with Crippen LogP contribution in [0.2, 0.25) is 0 Å². The summed E-state index contributed by atoms with van der Waals surface area (Å²) in [5, 5.41) is 16.0. The van der Waals surface area contributed by atoms with Crippen LogP contribution in [0.3, 0.4) is 0 Å². The molecule has 0 radical (unpaired) electrons. The molecule has 0 bridgehead atoms. The number of aryl methyl sites for hydroxylation is 1. The lowest BCUT2D eigenvalue weighted by Gasteiger charge is -2.05. The number of carbonyl (C=O) groups excluding carboxylic acids is 1. The maximum Gasteiger partial charge on any atom is 0.255 e. The van der Waals surface area contributed by atoms with Gasteiger partial charge < -0.3 is 5.32 Å². The summed E-state index contributed by atoms with van der Waals surface area (Å²) in [6, 6.07) is 11.1. The Kier molecular flexibility index (Phi) is 2.69. The minimum Gasteiger partial charge on any atom is -0.322 e. The van der Waals surface area contributed by atoms with Crippen molar-refractivity contribution in [3.8, 4) is 0 Å². The minimum absolute atomic E-state index is 0.147. The second kappa shape index (κ2) is 4.70. The van der Waals surface area contributed by atoms with Gasteiger partial charge in [0, 0.05) is 35.3 Å². The zero-order valence-electron chi connectivity index (χ0n) is 11.9. The number of H-pyrrole nitrogens is 1. The third-order valence-electron chi connectivity index (χ3n) is 3.58. The van der Waals surface area contributed by atoms with E-state index in [4.69, 9.17) is 0 Å². The van der Waals surface area contributed by atoms with E-state index in [0.29, 0.717) is 5.56 Å². The van der Waals surface area contributed by atoms with E-state index in [1.54, 1.807) is 16.9 Å². The lowest BCUT2D eigenvalue weighted by molar-refractivity contribution is 0.102. The van der Waals surface area contributed by atoms with Crippen molar-refractivity contribution in [2.24, 2.45) is 7.05 Å². The Hall–Kier alpha value is -3.15. The summed E-state index contributed by atoms with van der Waals surface area (Å²) in [7, 11) is 1.87. The van der Waals surface area contributed by atoms with Crippen molar-refractivity contribution < 1.29 is 4.79 Å². The number of hydrogen-bond acceptors (Lipinski definition) is 3. The van der Waals surface area contributed by atoms with E-state index in [0.717, 1.165) is 27.5 Å². The molecule has 6 heteroatoms. The van der Waals surface area contributed by atoms with Gasteiger partial charge in [0.2, 0.25) is 0 Å². The van der Waals surface area contributed by atoms with E-state index in [2.05, 4.69) is 20.6 Å². The minimum atomic E-state index is -0.147. The van der Waals surface area contributed by atoms with Crippen molar-refractivity contribution in [2.75, 3.05) is 5.32 Å². The third kappa shape index (κ3) is 2.10. The maximum atomic E-state index is 12.4. The summed E-state index contributed by atoms with van der Waals surface area (Å²) < 4.78 is 1.75. The number of benzene rings is 2. The van der Waals surface area contributed by atoms with E-state index < -0.39 is 0 Å². The third-order valence-corrected chi connectivity index (χ3v) is 3.58. The van der Waals surface area contributed by atoms with Crippen molar-refractivity contribution in [2.45, 2.75) is 0 Å². The molecule has 0 spiro atoms. The molecule has 4 aromatic rings. The molecule has 2 aromatic carbocycles. The number of nitrogens with one attached hydrogen (secondary N) is 2. The van der Waals surface area contributed by atoms with E-state index in [-0.39, 0.29) is 5.91 Å². The highest BCUT2D eigenvalue weighted by atomic mass is 16.1. The van der Waals surface area contributed by atoms with Crippen LogP contribution in [0.25, 0.3) is 21.8 Å². The van der Waals surface area contributed by atoms with Gasteiger partial charge >= 0.3 is 0 Å². The van der Waals surface area contributed by atoms with Crippen LogP contribution in [-0.2, 0) is 7.05 Å². The quantitative estimate of drug-likeness (QED) is 0.596. The fraction of sp³-hybridized carbons (Fsp3) is 0.0625. The molecule has 4 rings (SSSR count). The zero-order valence-corrected chi connectivity index (χ0v) is 11.9. The summed E-state index contributed by atoms with van der Waals surface area (Å²) in [5.74, 6) is -0.147. The molecule has 1 amide bonds. The molecule has 0 aliphatic heterocycles. The maximum absolute atomic E-state index is 12.4. The van der Waals surface area contributed by atoms with Gasteiger partial charge in [-0.2, -0.15) is 10.2 Å². The first-order chi connectivity index (χ1) is 10.7. The predicted octanol–water partition coefficient (Wildman–Crippen LogP) is 2.70. The van der Waals surface area contributed by atoms with Gasteiger partial charge in [-0.1, -0.05) is 0 Å². The van der Waals surface area contributed by atoms with Gasteiger partial charge in [0.1, 0.15) is 0 Å². The molecule has 0 unspecified atom stereocenters. The lowest BCUT2D eigenvalue weighted by Crippen LogP contribution is -2.11. The first kappa shape index (κ1) is 12.6. The lowest BCUT2D eigenvalue weighted by atomic mass is 10.1. The van der Waals surface area contributed by atoms with Crippen LogP contribution >= 0.6 is 0 Å². The van der Waals surface area contributed by atoms with Crippen LogP contribution in [0.5, 0.6) is 0 Å². The van der Waals surface area contributed by atoms with Crippen molar-refractivity contribution in [1.29, 1.82) is 0 Å². The van der Waals surface area contributed by atoms with Crippen molar-refractivity contribution in [3.63, 3.8) is 0 Å².